The smallest absolute Gasteiger partial charge is 0.213 e. The van der Waals surface area contributed by atoms with Gasteiger partial charge in [-0.2, -0.15) is 5.26 Å². The number of hydrogen-bond acceptors (Lipinski definition) is 7. The highest BCUT2D eigenvalue weighted by Crippen LogP contribution is 2.41. The lowest BCUT2D eigenvalue weighted by atomic mass is 10.0. The van der Waals surface area contributed by atoms with Crippen LogP contribution in [0.2, 0.25) is 0 Å². The SMILES string of the molecule is CC(C)Oc1ccc(-c2ncc(-c3cccc4c3CC[C@H]4NS(=O)(=O)CCN3CCC3)s2)cc1C#N. The molecule has 0 saturated carbocycles. The van der Waals surface area contributed by atoms with Gasteiger partial charge in [-0.15, -0.1) is 11.3 Å². The van der Waals surface area contributed by atoms with E-state index in [2.05, 4.69) is 26.7 Å². The first-order chi connectivity index (χ1) is 17.3. The molecule has 0 radical (unpaired) electrons. The Morgan fingerprint density at radius 1 is 1.28 bits per heavy atom. The molecule has 1 fully saturated rings. The first-order valence-electron chi connectivity index (χ1n) is 12.3. The van der Waals surface area contributed by atoms with Gasteiger partial charge in [-0.25, -0.2) is 18.1 Å². The van der Waals surface area contributed by atoms with Crippen molar-refractivity contribution in [1.82, 2.24) is 14.6 Å². The Kier molecular flexibility index (Phi) is 7.13. The Labute approximate surface area is 216 Å². The molecule has 7 nitrogen and oxygen atoms in total. The standard InChI is InChI=1S/C27H30N4O3S2/c1-18(2)34-25-10-7-19(15-20(25)16-28)27-29-17-26(35-27)23-6-3-5-22-21(23)8-9-24(22)30-36(32,33)14-13-31-11-4-12-31/h3,5-7,10,15,17-18,24,30H,4,8-9,11-14H2,1-2H3/t24-/m1/s1. The zero-order valence-corrected chi connectivity index (χ0v) is 22.2. The number of thiazole rings is 1. The van der Waals surface area contributed by atoms with E-state index in [0.29, 0.717) is 17.9 Å². The lowest BCUT2D eigenvalue weighted by molar-refractivity contribution is 0.193. The van der Waals surface area contributed by atoms with Crippen LogP contribution in [0.3, 0.4) is 0 Å². The number of sulfonamides is 1. The third-order valence-electron chi connectivity index (χ3n) is 6.70. The molecule has 2 aromatic carbocycles. The van der Waals surface area contributed by atoms with Gasteiger partial charge in [0.1, 0.15) is 16.8 Å². The van der Waals surface area contributed by atoms with E-state index in [-0.39, 0.29) is 17.9 Å². The fourth-order valence-corrected chi connectivity index (χ4v) is 7.04. The highest BCUT2D eigenvalue weighted by molar-refractivity contribution is 7.89. The van der Waals surface area contributed by atoms with E-state index in [4.69, 9.17) is 4.74 Å². The predicted octanol–water partition coefficient (Wildman–Crippen LogP) is 4.75. The molecule has 0 spiro atoms. The molecule has 2 heterocycles. The number of rotatable bonds is 9. The van der Waals surface area contributed by atoms with E-state index < -0.39 is 10.0 Å². The second kappa shape index (κ2) is 10.3. The molecule has 3 aromatic rings. The van der Waals surface area contributed by atoms with Crippen LogP contribution in [-0.4, -0.2) is 49.8 Å². The van der Waals surface area contributed by atoms with Gasteiger partial charge in [0.25, 0.3) is 0 Å². The van der Waals surface area contributed by atoms with Gasteiger partial charge in [-0.05, 0) is 81.1 Å². The number of hydrogen-bond donors (Lipinski definition) is 1. The van der Waals surface area contributed by atoms with E-state index >= 15 is 0 Å². The van der Waals surface area contributed by atoms with Crippen LogP contribution in [0.4, 0.5) is 0 Å². The molecule has 36 heavy (non-hydrogen) atoms. The fraction of sp³-hybridized carbons (Fsp3) is 0.407. The van der Waals surface area contributed by atoms with Crippen LogP contribution in [0.5, 0.6) is 5.75 Å². The zero-order chi connectivity index (χ0) is 25.3. The molecule has 1 atom stereocenters. The van der Waals surface area contributed by atoms with Crippen LogP contribution in [0.1, 0.15) is 49.4 Å². The van der Waals surface area contributed by atoms with Crippen molar-refractivity contribution in [2.24, 2.45) is 0 Å². The van der Waals surface area contributed by atoms with Crippen LogP contribution < -0.4 is 9.46 Å². The molecule has 1 aliphatic carbocycles. The molecule has 0 bridgehead atoms. The van der Waals surface area contributed by atoms with Crippen LogP contribution in [0.25, 0.3) is 21.0 Å². The number of nitriles is 1. The van der Waals surface area contributed by atoms with Gasteiger partial charge in [0, 0.05) is 24.3 Å². The number of nitrogens with zero attached hydrogens (tertiary/aromatic N) is 3. The summed E-state index contributed by atoms with van der Waals surface area (Å²) in [6.07, 6.45) is 4.58. The molecule has 1 aromatic heterocycles. The molecule has 1 N–H and O–H groups in total. The van der Waals surface area contributed by atoms with Gasteiger partial charge in [0.05, 0.1) is 22.3 Å². The maximum Gasteiger partial charge on any atom is 0.213 e. The average Bonchev–Trinajstić information content (AvgIpc) is 3.45. The maximum absolute atomic E-state index is 12.7. The predicted molar refractivity (Wildman–Crippen MR) is 143 cm³/mol. The van der Waals surface area contributed by atoms with Crippen molar-refractivity contribution in [2.45, 2.75) is 45.3 Å². The summed E-state index contributed by atoms with van der Waals surface area (Å²) in [6.45, 7) is 6.45. The summed E-state index contributed by atoms with van der Waals surface area (Å²) in [5.74, 6) is 0.717. The molecule has 1 aliphatic heterocycles. The molecule has 0 unspecified atom stereocenters. The minimum absolute atomic E-state index is 0.0107. The Morgan fingerprint density at radius 2 is 2.11 bits per heavy atom. The number of ether oxygens (including phenoxy) is 1. The first kappa shape index (κ1) is 24.9. The van der Waals surface area contributed by atoms with Crippen LogP contribution in [0, 0.1) is 11.3 Å². The largest absolute Gasteiger partial charge is 0.490 e. The normalized spacial score (nSPS) is 17.6. The third-order valence-corrected chi connectivity index (χ3v) is 9.14. The van der Waals surface area contributed by atoms with E-state index in [1.807, 2.05) is 50.4 Å². The highest BCUT2D eigenvalue weighted by Gasteiger charge is 2.29. The second-order valence-corrected chi connectivity index (χ2v) is 12.5. The monoisotopic (exact) mass is 522 g/mol. The third kappa shape index (κ3) is 5.32. The van der Waals surface area contributed by atoms with E-state index in [9.17, 15) is 13.7 Å². The Morgan fingerprint density at radius 3 is 2.83 bits per heavy atom. The van der Waals surface area contributed by atoms with Gasteiger partial charge in [-0.3, -0.25) is 0 Å². The lowest BCUT2D eigenvalue weighted by Crippen LogP contribution is -2.42. The molecular weight excluding hydrogens is 492 g/mol. The highest BCUT2D eigenvalue weighted by atomic mass is 32.2. The summed E-state index contributed by atoms with van der Waals surface area (Å²) >= 11 is 1.57. The summed E-state index contributed by atoms with van der Waals surface area (Å²) in [7, 11) is -3.34. The van der Waals surface area contributed by atoms with Gasteiger partial charge < -0.3 is 9.64 Å². The summed E-state index contributed by atoms with van der Waals surface area (Å²) in [4.78, 5) is 7.84. The molecule has 1 saturated heterocycles. The average molecular weight is 523 g/mol. The summed E-state index contributed by atoms with van der Waals surface area (Å²) in [5, 5.41) is 10.4. The van der Waals surface area contributed by atoms with Crippen molar-refractivity contribution in [3.05, 3.63) is 59.3 Å². The van der Waals surface area contributed by atoms with Crippen molar-refractivity contribution < 1.29 is 13.2 Å². The molecular formula is C27H30N4O3S2. The quantitative estimate of drug-likeness (QED) is 0.436. The van der Waals surface area contributed by atoms with Crippen molar-refractivity contribution in [3.63, 3.8) is 0 Å². The van der Waals surface area contributed by atoms with Gasteiger partial charge in [0.15, 0.2) is 0 Å². The summed E-state index contributed by atoms with van der Waals surface area (Å²) in [5.41, 5.74) is 4.69. The van der Waals surface area contributed by atoms with Gasteiger partial charge in [0.2, 0.25) is 10.0 Å². The van der Waals surface area contributed by atoms with E-state index in [1.54, 1.807) is 11.3 Å². The number of likely N-dealkylation sites (tertiary alicyclic amines) is 1. The summed E-state index contributed by atoms with van der Waals surface area (Å²) < 4.78 is 34.1. The fourth-order valence-electron chi connectivity index (χ4n) is 4.78. The zero-order valence-electron chi connectivity index (χ0n) is 20.5. The lowest BCUT2D eigenvalue weighted by Gasteiger charge is -2.30. The maximum atomic E-state index is 12.7. The minimum atomic E-state index is -3.34. The number of aromatic nitrogens is 1. The number of benzene rings is 2. The van der Waals surface area contributed by atoms with E-state index in [0.717, 1.165) is 58.9 Å². The van der Waals surface area contributed by atoms with Crippen LogP contribution in [-0.2, 0) is 16.4 Å². The molecule has 9 heteroatoms. The Bertz CT molecular complexity index is 1400. The van der Waals surface area contributed by atoms with Crippen molar-refractivity contribution >= 4 is 21.4 Å². The molecule has 5 rings (SSSR count). The summed E-state index contributed by atoms with van der Waals surface area (Å²) in [6, 6.07) is 13.7. The second-order valence-electron chi connectivity index (χ2n) is 9.62. The number of fused-ring (bicyclic) bond motifs is 1. The minimum Gasteiger partial charge on any atom is -0.490 e. The first-order valence-corrected chi connectivity index (χ1v) is 14.8. The topological polar surface area (TPSA) is 95.3 Å². The molecule has 2 aliphatic rings. The van der Waals surface area contributed by atoms with Crippen molar-refractivity contribution in [2.75, 3.05) is 25.4 Å². The van der Waals surface area contributed by atoms with Crippen LogP contribution >= 0.6 is 11.3 Å². The Hall–Kier alpha value is -2.77. The van der Waals surface area contributed by atoms with Gasteiger partial charge in [-0.1, -0.05) is 18.2 Å². The van der Waals surface area contributed by atoms with Gasteiger partial charge >= 0.3 is 0 Å². The molecule has 188 valence electrons. The molecule has 0 amide bonds. The van der Waals surface area contributed by atoms with Crippen molar-refractivity contribution in [3.8, 4) is 32.8 Å². The van der Waals surface area contributed by atoms with Crippen molar-refractivity contribution in [1.29, 1.82) is 5.26 Å². The van der Waals surface area contributed by atoms with E-state index in [1.165, 1.54) is 5.56 Å². The Balaban J connectivity index is 1.35. The number of nitrogens with one attached hydrogen (secondary N) is 1. The van der Waals surface area contributed by atoms with Crippen LogP contribution in [0.15, 0.2) is 42.6 Å².